The van der Waals surface area contributed by atoms with E-state index < -0.39 is 22.2 Å². The third-order valence-corrected chi connectivity index (χ3v) is 4.69. The smallest absolute Gasteiger partial charge is 0.240 e. The molecule has 1 aromatic rings. The summed E-state index contributed by atoms with van der Waals surface area (Å²) >= 11 is 0. The molecule has 0 heterocycles. The van der Waals surface area contributed by atoms with Crippen molar-refractivity contribution in [3.8, 4) is 0 Å². The first-order chi connectivity index (χ1) is 8.49. The van der Waals surface area contributed by atoms with Crippen molar-refractivity contribution in [1.82, 2.24) is 4.72 Å². The molecular formula is C12H18N2O3S. The van der Waals surface area contributed by atoms with E-state index in [4.69, 9.17) is 5.73 Å². The number of benzene rings is 1. The number of nitrogen functional groups attached to an aromatic ring is 1. The molecule has 18 heavy (non-hydrogen) atoms. The second kappa shape index (κ2) is 5.26. The molecule has 1 saturated carbocycles. The van der Waals surface area contributed by atoms with Crippen LogP contribution in [0.2, 0.25) is 0 Å². The van der Waals surface area contributed by atoms with Gasteiger partial charge in [0.25, 0.3) is 0 Å². The van der Waals surface area contributed by atoms with Crippen LogP contribution in [0, 0.1) is 0 Å². The number of aliphatic hydroxyl groups excluding tert-OH is 1. The molecule has 0 bridgehead atoms. The Bertz CT molecular complexity index is 516. The van der Waals surface area contributed by atoms with Crippen molar-refractivity contribution in [1.29, 1.82) is 0 Å². The number of rotatable bonds is 3. The number of hydrogen-bond donors (Lipinski definition) is 3. The Morgan fingerprint density at radius 3 is 2.67 bits per heavy atom. The zero-order chi connectivity index (χ0) is 13.2. The van der Waals surface area contributed by atoms with Gasteiger partial charge in [-0.1, -0.05) is 18.9 Å². The minimum atomic E-state index is -3.61. The molecule has 1 aliphatic carbocycles. The molecule has 4 N–H and O–H groups in total. The summed E-state index contributed by atoms with van der Waals surface area (Å²) in [6, 6.07) is 5.74. The molecule has 2 atom stereocenters. The number of nitrogens with two attached hydrogens (primary N) is 1. The molecule has 1 aliphatic rings. The fourth-order valence-electron chi connectivity index (χ4n) is 2.20. The molecule has 0 radical (unpaired) electrons. The highest BCUT2D eigenvalue weighted by atomic mass is 32.2. The van der Waals surface area contributed by atoms with Gasteiger partial charge in [-0.15, -0.1) is 0 Å². The van der Waals surface area contributed by atoms with Crippen molar-refractivity contribution in [3.05, 3.63) is 24.3 Å². The molecule has 2 unspecified atom stereocenters. The minimum absolute atomic E-state index is 0.139. The van der Waals surface area contributed by atoms with Crippen LogP contribution in [0.3, 0.4) is 0 Å². The lowest BCUT2D eigenvalue weighted by atomic mass is 9.93. The van der Waals surface area contributed by atoms with Gasteiger partial charge >= 0.3 is 0 Å². The highest BCUT2D eigenvalue weighted by Crippen LogP contribution is 2.21. The summed E-state index contributed by atoms with van der Waals surface area (Å²) in [6.07, 6.45) is 2.58. The lowest BCUT2D eigenvalue weighted by Gasteiger charge is -2.28. The van der Waals surface area contributed by atoms with Crippen LogP contribution in [-0.4, -0.2) is 25.7 Å². The van der Waals surface area contributed by atoms with E-state index in [1.807, 2.05) is 0 Å². The summed E-state index contributed by atoms with van der Waals surface area (Å²) in [4.78, 5) is 0.139. The van der Waals surface area contributed by atoms with Crippen LogP contribution in [0.1, 0.15) is 25.7 Å². The SMILES string of the molecule is Nc1cccc(S(=O)(=O)NC2CCCCC2O)c1. The maximum Gasteiger partial charge on any atom is 0.240 e. The van der Waals surface area contributed by atoms with E-state index >= 15 is 0 Å². The highest BCUT2D eigenvalue weighted by Gasteiger charge is 2.28. The normalized spacial score (nSPS) is 24.9. The summed E-state index contributed by atoms with van der Waals surface area (Å²) in [6.45, 7) is 0. The maximum absolute atomic E-state index is 12.1. The zero-order valence-corrected chi connectivity index (χ0v) is 10.9. The predicted molar refractivity (Wildman–Crippen MR) is 69.4 cm³/mol. The number of nitrogens with one attached hydrogen (secondary N) is 1. The van der Waals surface area contributed by atoms with Crippen molar-refractivity contribution in [2.45, 2.75) is 42.7 Å². The topological polar surface area (TPSA) is 92.4 Å². The van der Waals surface area contributed by atoms with E-state index in [-0.39, 0.29) is 4.90 Å². The van der Waals surface area contributed by atoms with Gasteiger partial charge in [-0.25, -0.2) is 13.1 Å². The standard InChI is InChI=1S/C12H18N2O3S/c13-9-4-3-5-10(8-9)18(16,17)14-11-6-1-2-7-12(11)15/h3-5,8,11-12,14-15H,1-2,6-7,13H2. The lowest BCUT2D eigenvalue weighted by molar-refractivity contribution is 0.101. The van der Waals surface area contributed by atoms with Gasteiger partial charge in [-0.3, -0.25) is 0 Å². The number of anilines is 1. The molecule has 0 aliphatic heterocycles. The largest absolute Gasteiger partial charge is 0.399 e. The Balaban J connectivity index is 2.16. The molecule has 0 amide bonds. The second-order valence-electron chi connectivity index (χ2n) is 4.65. The first-order valence-corrected chi connectivity index (χ1v) is 7.53. The number of aliphatic hydroxyl groups is 1. The molecule has 5 nitrogen and oxygen atoms in total. The van der Waals surface area contributed by atoms with Gasteiger partial charge in [-0.05, 0) is 31.0 Å². The summed E-state index contributed by atoms with van der Waals surface area (Å²) in [7, 11) is -3.61. The van der Waals surface area contributed by atoms with Gasteiger partial charge in [0.1, 0.15) is 0 Å². The molecule has 0 saturated heterocycles. The van der Waals surface area contributed by atoms with Crippen LogP contribution in [0.15, 0.2) is 29.2 Å². The molecule has 1 fully saturated rings. The van der Waals surface area contributed by atoms with Gasteiger partial charge in [0.05, 0.1) is 11.0 Å². The molecule has 1 aromatic carbocycles. The third kappa shape index (κ3) is 3.01. The first kappa shape index (κ1) is 13.3. The van der Waals surface area contributed by atoms with Crippen molar-refractivity contribution in [2.24, 2.45) is 0 Å². The molecule has 0 spiro atoms. The zero-order valence-electron chi connectivity index (χ0n) is 10.0. The summed E-state index contributed by atoms with van der Waals surface area (Å²) in [5.74, 6) is 0. The van der Waals surface area contributed by atoms with Crippen LogP contribution in [-0.2, 0) is 10.0 Å². The lowest BCUT2D eigenvalue weighted by Crippen LogP contribution is -2.44. The summed E-state index contributed by atoms with van der Waals surface area (Å²) in [5, 5.41) is 9.78. The van der Waals surface area contributed by atoms with Crippen LogP contribution in [0.4, 0.5) is 5.69 Å². The average molecular weight is 270 g/mol. The first-order valence-electron chi connectivity index (χ1n) is 6.05. The molecule has 100 valence electrons. The highest BCUT2D eigenvalue weighted by molar-refractivity contribution is 7.89. The number of sulfonamides is 1. The fraction of sp³-hybridized carbons (Fsp3) is 0.500. The summed E-state index contributed by atoms with van der Waals surface area (Å²) < 4.78 is 26.8. The molecule has 2 rings (SSSR count). The Morgan fingerprint density at radius 2 is 2.00 bits per heavy atom. The molecule has 0 aromatic heterocycles. The van der Waals surface area contributed by atoms with Gasteiger partial charge in [0.2, 0.25) is 10.0 Å². The van der Waals surface area contributed by atoms with E-state index in [9.17, 15) is 13.5 Å². The molecular weight excluding hydrogens is 252 g/mol. The number of hydrogen-bond acceptors (Lipinski definition) is 4. The van der Waals surface area contributed by atoms with E-state index in [0.717, 1.165) is 12.8 Å². The average Bonchev–Trinajstić information content (AvgIpc) is 2.32. The van der Waals surface area contributed by atoms with E-state index in [0.29, 0.717) is 18.5 Å². The minimum Gasteiger partial charge on any atom is -0.399 e. The molecule has 6 heteroatoms. The monoisotopic (exact) mass is 270 g/mol. The van der Waals surface area contributed by atoms with E-state index in [1.165, 1.54) is 12.1 Å². The summed E-state index contributed by atoms with van der Waals surface area (Å²) in [5.41, 5.74) is 5.98. The van der Waals surface area contributed by atoms with Gasteiger partial charge in [0, 0.05) is 11.7 Å². The van der Waals surface area contributed by atoms with Gasteiger partial charge in [-0.2, -0.15) is 0 Å². The Kier molecular flexibility index (Phi) is 3.89. The quantitative estimate of drug-likeness (QED) is 0.710. The van der Waals surface area contributed by atoms with E-state index in [1.54, 1.807) is 12.1 Å². The van der Waals surface area contributed by atoms with Crippen LogP contribution in [0.5, 0.6) is 0 Å². The van der Waals surface area contributed by atoms with Gasteiger partial charge < -0.3 is 10.8 Å². The van der Waals surface area contributed by atoms with E-state index in [2.05, 4.69) is 4.72 Å². The van der Waals surface area contributed by atoms with Crippen molar-refractivity contribution < 1.29 is 13.5 Å². The third-order valence-electron chi connectivity index (χ3n) is 3.20. The van der Waals surface area contributed by atoms with Crippen LogP contribution >= 0.6 is 0 Å². The predicted octanol–water partition coefficient (Wildman–Crippen LogP) is 0.851. The Hall–Kier alpha value is -1.11. The van der Waals surface area contributed by atoms with Crippen molar-refractivity contribution in [2.75, 3.05) is 5.73 Å². The van der Waals surface area contributed by atoms with Crippen molar-refractivity contribution >= 4 is 15.7 Å². The van der Waals surface area contributed by atoms with Crippen molar-refractivity contribution in [3.63, 3.8) is 0 Å². The fourth-order valence-corrected chi connectivity index (χ4v) is 3.56. The Morgan fingerprint density at radius 1 is 1.28 bits per heavy atom. The van der Waals surface area contributed by atoms with Gasteiger partial charge in [0.15, 0.2) is 0 Å². The Labute approximate surface area is 107 Å². The van der Waals surface area contributed by atoms with Crippen LogP contribution in [0.25, 0.3) is 0 Å². The maximum atomic E-state index is 12.1. The van der Waals surface area contributed by atoms with Crippen LogP contribution < -0.4 is 10.5 Å². The second-order valence-corrected chi connectivity index (χ2v) is 6.37.